The number of ether oxygens (including phenoxy) is 1. The van der Waals surface area contributed by atoms with Gasteiger partial charge in [0.1, 0.15) is 0 Å². The van der Waals surface area contributed by atoms with Crippen molar-refractivity contribution >= 4 is 0 Å². The van der Waals surface area contributed by atoms with E-state index in [1.807, 2.05) is 0 Å². The lowest BCUT2D eigenvalue weighted by Gasteiger charge is -2.34. The van der Waals surface area contributed by atoms with Crippen LogP contribution in [-0.2, 0) is 4.74 Å². The van der Waals surface area contributed by atoms with Crippen LogP contribution in [0.1, 0.15) is 45.4 Å². The smallest absolute Gasteiger partial charge is 0.0593 e. The average molecular weight is 254 g/mol. The maximum atomic E-state index is 5.45. The molecule has 0 aromatic heterocycles. The number of hydrogen-bond acceptors (Lipinski definition) is 3. The zero-order valence-electron chi connectivity index (χ0n) is 12.2. The van der Waals surface area contributed by atoms with Gasteiger partial charge in [-0.15, -0.1) is 0 Å². The van der Waals surface area contributed by atoms with E-state index in [1.165, 1.54) is 51.6 Å². The first kappa shape index (κ1) is 14.3. The first-order valence-electron chi connectivity index (χ1n) is 7.74. The summed E-state index contributed by atoms with van der Waals surface area (Å²) in [6.07, 6.45) is 8.46. The lowest BCUT2D eigenvalue weighted by atomic mass is 9.85. The van der Waals surface area contributed by atoms with Gasteiger partial charge in [0, 0.05) is 32.3 Å². The third-order valence-corrected chi connectivity index (χ3v) is 4.43. The molecule has 0 aromatic carbocycles. The molecular weight excluding hydrogens is 224 g/mol. The van der Waals surface area contributed by atoms with Crippen molar-refractivity contribution in [3.8, 4) is 0 Å². The van der Waals surface area contributed by atoms with Gasteiger partial charge in [0.05, 0.1) is 6.61 Å². The van der Waals surface area contributed by atoms with Crippen molar-refractivity contribution in [3.63, 3.8) is 0 Å². The van der Waals surface area contributed by atoms with Crippen LogP contribution in [0.3, 0.4) is 0 Å². The van der Waals surface area contributed by atoms with Gasteiger partial charge < -0.3 is 15.0 Å². The van der Waals surface area contributed by atoms with Crippen LogP contribution in [0.25, 0.3) is 0 Å². The molecule has 2 aliphatic carbocycles. The molecule has 3 nitrogen and oxygen atoms in total. The highest BCUT2D eigenvalue weighted by molar-refractivity contribution is 4.92. The molecule has 0 heterocycles. The minimum Gasteiger partial charge on any atom is -0.380 e. The lowest BCUT2D eigenvalue weighted by molar-refractivity contribution is 0.0997. The van der Waals surface area contributed by atoms with Crippen LogP contribution < -0.4 is 5.32 Å². The molecule has 2 aliphatic rings. The highest BCUT2D eigenvalue weighted by atomic mass is 16.5. The lowest BCUT2D eigenvalue weighted by Crippen LogP contribution is -2.42. The Morgan fingerprint density at radius 1 is 1.28 bits per heavy atom. The predicted molar refractivity (Wildman–Crippen MR) is 75.9 cm³/mol. The second kappa shape index (κ2) is 6.88. The molecule has 0 saturated heterocycles. The van der Waals surface area contributed by atoms with Gasteiger partial charge in [-0.3, -0.25) is 0 Å². The van der Waals surface area contributed by atoms with Gasteiger partial charge in [0.25, 0.3) is 0 Å². The molecule has 0 amide bonds. The molecule has 2 saturated carbocycles. The SMILES string of the molecule is CCOCCN(C)CC1(CNC2CC2)CCCC1. The summed E-state index contributed by atoms with van der Waals surface area (Å²) in [5.41, 5.74) is 0.545. The van der Waals surface area contributed by atoms with Crippen LogP contribution in [0, 0.1) is 5.41 Å². The summed E-state index contributed by atoms with van der Waals surface area (Å²) in [6.45, 7) is 7.31. The Morgan fingerprint density at radius 3 is 2.61 bits per heavy atom. The van der Waals surface area contributed by atoms with Crippen molar-refractivity contribution in [2.75, 3.05) is 39.9 Å². The summed E-state index contributed by atoms with van der Waals surface area (Å²) in [5, 5.41) is 3.75. The number of nitrogens with zero attached hydrogens (tertiary/aromatic N) is 1. The fourth-order valence-corrected chi connectivity index (χ4v) is 3.18. The van der Waals surface area contributed by atoms with E-state index in [0.717, 1.165) is 25.8 Å². The molecule has 0 spiro atoms. The molecule has 0 bridgehead atoms. The third-order valence-electron chi connectivity index (χ3n) is 4.43. The first-order valence-corrected chi connectivity index (χ1v) is 7.74. The fourth-order valence-electron chi connectivity index (χ4n) is 3.18. The molecule has 0 atom stereocenters. The summed E-state index contributed by atoms with van der Waals surface area (Å²) in [5.74, 6) is 0. The summed E-state index contributed by atoms with van der Waals surface area (Å²) >= 11 is 0. The van der Waals surface area contributed by atoms with Crippen molar-refractivity contribution in [2.45, 2.75) is 51.5 Å². The van der Waals surface area contributed by atoms with E-state index >= 15 is 0 Å². The van der Waals surface area contributed by atoms with Gasteiger partial charge in [-0.1, -0.05) is 12.8 Å². The number of hydrogen-bond donors (Lipinski definition) is 1. The molecule has 0 radical (unpaired) electrons. The summed E-state index contributed by atoms with van der Waals surface area (Å²) in [6, 6.07) is 0.844. The Bertz CT molecular complexity index is 235. The standard InChI is InChI=1S/C15H30N2O/c1-3-18-11-10-17(2)13-15(8-4-5-9-15)12-16-14-6-7-14/h14,16H,3-13H2,1-2H3. The van der Waals surface area contributed by atoms with E-state index in [0.29, 0.717) is 5.41 Å². The Labute approximate surface area is 112 Å². The van der Waals surface area contributed by atoms with Gasteiger partial charge in [0.2, 0.25) is 0 Å². The van der Waals surface area contributed by atoms with E-state index in [4.69, 9.17) is 4.74 Å². The largest absolute Gasteiger partial charge is 0.380 e. The van der Waals surface area contributed by atoms with Crippen LogP contribution >= 0.6 is 0 Å². The molecule has 0 aromatic rings. The van der Waals surface area contributed by atoms with Crippen molar-refractivity contribution in [2.24, 2.45) is 5.41 Å². The van der Waals surface area contributed by atoms with Crippen molar-refractivity contribution < 1.29 is 4.74 Å². The third kappa shape index (κ3) is 4.52. The Morgan fingerprint density at radius 2 is 2.00 bits per heavy atom. The summed E-state index contributed by atoms with van der Waals surface area (Å²) < 4.78 is 5.45. The highest BCUT2D eigenvalue weighted by Crippen LogP contribution is 2.38. The zero-order chi connectivity index (χ0) is 12.8. The van der Waals surface area contributed by atoms with E-state index in [2.05, 4.69) is 24.2 Å². The predicted octanol–water partition coefficient (Wildman–Crippen LogP) is 2.27. The normalized spacial score (nSPS) is 22.8. The maximum absolute atomic E-state index is 5.45. The van der Waals surface area contributed by atoms with Crippen molar-refractivity contribution in [1.82, 2.24) is 10.2 Å². The van der Waals surface area contributed by atoms with Crippen LogP contribution in [0.5, 0.6) is 0 Å². The summed E-state index contributed by atoms with van der Waals surface area (Å²) in [4.78, 5) is 2.47. The van der Waals surface area contributed by atoms with Crippen LogP contribution in [0.4, 0.5) is 0 Å². The van der Waals surface area contributed by atoms with Crippen molar-refractivity contribution in [3.05, 3.63) is 0 Å². The Hall–Kier alpha value is -0.120. The molecule has 18 heavy (non-hydrogen) atoms. The Balaban J connectivity index is 1.73. The van der Waals surface area contributed by atoms with E-state index in [9.17, 15) is 0 Å². The first-order chi connectivity index (χ1) is 8.74. The van der Waals surface area contributed by atoms with E-state index in [-0.39, 0.29) is 0 Å². The fraction of sp³-hybridized carbons (Fsp3) is 1.00. The van der Waals surface area contributed by atoms with Gasteiger partial charge in [-0.25, -0.2) is 0 Å². The molecule has 2 rings (SSSR count). The van der Waals surface area contributed by atoms with Gasteiger partial charge in [0.15, 0.2) is 0 Å². The van der Waals surface area contributed by atoms with E-state index < -0.39 is 0 Å². The highest BCUT2D eigenvalue weighted by Gasteiger charge is 2.36. The minimum atomic E-state index is 0.545. The van der Waals surface area contributed by atoms with Crippen LogP contribution in [-0.4, -0.2) is 50.8 Å². The van der Waals surface area contributed by atoms with Gasteiger partial charge in [-0.2, -0.15) is 0 Å². The number of likely N-dealkylation sites (N-methyl/N-ethyl adjacent to an activating group) is 1. The summed E-state index contributed by atoms with van der Waals surface area (Å²) in [7, 11) is 2.25. The zero-order valence-corrected chi connectivity index (χ0v) is 12.2. The van der Waals surface area contributed by atoms with E-state index in [1.54, 1.807) is 0 Å². The molecule has 2 fully saturated rings. The average Bonchev–Trinajstić information content (AvgIpc) is 3.08. The minimum absolute atomic E-state index is 0.545. The van der Waals surface area contributed by atoms with Gasteiger partial charge in [-0.05, 0) is 45.1 Å². The topological polar surface area (TPSA) is 24.5 Å². The maximum Gasteiger partial charge on any atom is 0.0593 e. The van der Waals surface area contributed by atoms with Crippen LogP contribution in [0.2, 0.25) is 0 Å². The molecule has 106 valence electrons. The second-order valence-corrected chi connectivity index (χ2v) is 6.30. The van der Waals surface area contributed by atoms with Crippen molar-refractivity contribution in [1.29, 1.82) is 0 Å². The number of nitrogens with one attached hydrogen (secondary N) is 1. The molecular formula is C15H30N2O. The quantitative estimate of drug-likeness (QED) is 0.639. The van der Waals surface area contributed by atoms with Crippen LogP contribution in [0.15, 0.2) is 0 Å². The molecule has 3 heteroatoms. The number of rotatable bonds is 9. The molecule has 0 unspecified atom stereocenters. The Kier molecular flexibility index (Phi) is 5.46. The molecule has 0 aliphatic heterocycles. The monoisotopic (exact) mass is 254 g/mol. The second-order valence-electron chi connectivity index (χ2n) is 6.30. The molecule has 1 N–H and O–H groups in total. The van der Waals surface area contributed by atoms with Gasteiger partial charge >= 0.3 is 0 Å².